The summed E-state index contributed by atoms with van der Waals surface area (Å²) in [6, 6.07) is 7.07. The monoisotopic (exact) mass is 327 g/mol. The van der Waals surface area contributed by atoms with E-state index >= 15 is 0 Å². The normalized spacial score (nSPS) is 21.3. The van der Waals surface area contributed by atoms with Crippen LogP contribution in [-0.2, 0) is 13.0 Å². The quantitative estimate of drug-likeness (QED) is 0.917. The van der Waals surface area contributed by atoms with Crippen LogP contribution in [0.25, 0.3) is 10.9 Å². The molecule has 1 atom stereocenters. The number of aryl methyl sites for hydroxylation is 1. The maximum atomic E-state index is 6.10. The Hall–Kier alpha value is -1.85. The summed E-state index contributed by atoms with van der Waals surface area (Å²) in [5, 5.41) is 4.62. The Morgan fingerprint density at radius 1 is 1.38 bits per heavy atom. The lowest BCUT2D eigenvalue weighted by molar-refractivity contribution is 0.115. The molecule has 3 heterocycles. The number of methoxy groups -OCH3 is 1. The topological polar surface area (TPSA) is 46.6 Å². The first-order valence-corrected chi connectivity index (χ1v) is 8.86. The molecule has 0 unspecified atom stereocenters. The minimum atomic E-state index is 0.563. The number of ether oxygens (including phenoxy) is 2. The van der Waals surface area contributed by atoms with Crippen molar-refractivity contribution in [1.82, 2.24) is 15.2 Å². The zero-order chi connectivity index (χ0) is 16.5. The van der Waals surface area contributed by atoms with Crippen LogP contribution in [0.4, 0.5) is 0 Å². The summed E-state index contributed by atoms with van der Waals surface area (Å²) in [6.07, 6.45) is 1.98. The zero-order valence-corrected chi connectivity index (χ0v) is 14.5. The van der Waals surface area contributed by atoms with Crippen LogP contribution in [0.2, 0.25) is 0 Å². The highest BCUT2D eigenvalue weighted by Gasteiger charge is 2.25. The third-order valence-corrected chi connectivity index (χ3v) is 5.16. The lowest BCUT2D eigenvalue weighted by Gasteiger charge is -2.38. The first kappa shape index (κ1) is 15.7. The summed E-state index contributed by atoms with van der Waals surface area (Å²) in [6.45, 7) is 7.03. The first-order valence-electron chi connectivity index (χ1n) is 8.86. The van der Waals surface area contributed by atoms with Gasteiger partial charge in [0.1, 0.15) is 5.75 Å². The standard InChI is InChI=1S/C19H25N3O2/c1-3-13-8-14-10-18-15(9-17(14)21-19(13)23-2)12-22-6-5-20-11-16(22)4-7-24-18/h8-10,16,20H,3-7,11-12H2,1-2H3/t16-/m1/s1. The number of nitrogens with zero attached hydrogens (tertiary/aromatic N) is 2. The molecular weight excluding hydrogens is 302 g/mol. The van der Waals surface area contributed by atoms with Gasteiger partial charge in [0.15, 0.2) is 0 Å². The fraction of sp³-hybridized carbons (Fsp3) is 0.526. The van der Waals surface area contributed by atoms with Crippen LogP contribution in [0.1, 0.15) is 24.5 Å². The van der Waals surface area contributed by atoms with Gasteiger partial charge in [0.25, 0.3) is 0 Å². The Bertz CT molecular complexity index is 747. The highest BCUT2D eigenvalue weighted by atomic mass is 16.5. The summed E-state index contributed by atoms with van der Waals surface area (Å²) < 4.78 is 11.6. The number of nitrogens with one attached hydrogen (secondary N) is 1. The molecule has 4 rings (SSSR count). The van der Waals surface area contributed by atoms with Gasteiger partial charge < -0.3 is 14.8 Å². The largest absolute Gasteiger partial charge is 0.493 e. The second kappa shape index (κ2) is 6.57. The summed E-state index contributed by atoms with van der Waals surface area (Å²) in [5.41, 5.74) is 3.35. The van der Waals surface area contributed by atoms with E-state index in [9.17, 15) is 0 Å². The van der Waals surface area contributed by atoms with E-state index in [1.54, 1.807) is 7.11 Å². The van der Waals surface area contributed by atoms with Gasteiger partial charge in [-0.2, -0.15) is 0 Å². The lowest BCUT2D eigenvalue weighted by Crippen LogP contribution is -2.51. The molecule has 128 valence electrons. The van der Waals surface area contributed by atoms with E-state index in [1.165, 1.54) is 5.56 Å². The number of hydrogen-bond donors (Lipinski definition) is 1. The molecule has 2 aliphatic heterocycles. The maximum Gasteiger partial charge on any atom is 0.216 e. The molecule has 1 aromatic heterocycles. The van der Waals surface area contributed by atoms with Gasteiger partial charge in [-0.1, -0.05) is 6.92 Å². The Labute approximate surface area is 143 Å². The van der Waals surface area contributed by atoms with E-state index in [0.717, 1.165) is 73.7 Å². The smallest absolute Gasteiger partial charge is 0.216 e. The number of pyridine rings is 1. The molecule has 1 fully saturated rings. The molecule has 0 bridgehead atoms. The molecule has 1 saturated heterocycles. The summed E-state index contributed by atoms with van der Waals surface area (Å²) in [5.74, 6) is 1.74. The fourth-order valence-electron chi connectivity index (χ4n) is 3.78. The van der Waals surface area contributed by atoms with E-state index in [1.807, 2.05) is 0 Å². The van der Waals surface area contributed by atoms with Gasteiger partial charge in [-0.15, -0.1) is 0 Å². The average molecular weight is 327 g/mol. The van der Waals surface area contributed by atoms with Gasteiger partial charge >= 0.3 is 0 Å². The number of piperazine rings is 1. The molecule has 2 aromatic rings. The summed E-state index contributed by atoms with van der Waals surface area (Å²) >= 11 is 0. The van der Waals surface area contributed by atoms with E-state index in [2.05, 4.69) is 35.3 Å². The molecule has 5 nitrogen and oxygen atoms in total. The molecule has 5 heteroatoms. The summed E-state index contributed by atoms with van der Waals surface area (Å²) in [7, 11) is 1.69. The van der Waals surface area contributed by atoms with Crippen LogP contribution in [-0.4, -0.2) is 49.3 Å². The van der Waals surface area contributed by atoms with Crippen LogP contribution in [0.5, 0.6) is 11.6 Å². The molecule has 0 radical (unpaired) electrons. The van der Waals surface area contributed by atoms with E-state index < -0.39 is 0 Å². The summed E-state index contributed by atoms with van der Waals surface area (Å²) in [4.78, 5) is 7.29. The predicted molar refractivity (Wildman–Crippen MR) is 94.9 cm³/mol. The Morgan fingerprint density at radius 3 is 3.12 bits per heavy atom. The van der Waals surface area contributed by atoms with Crippen LogP contribution in [0, 0.1) is 0 Å². The van der Waals surface area contributed by atoms with Crippen molar-refractivity contribution in [2.45, 2.75) is 32.4 Å². The number of rotatable bonds is 2. The van der Waals surface area contributed by atoms with Crippen LogP contribution in [0.15, 0.2) is 18.2 Å². The van der Waals surface area contributed by atoms with Crippen molar-refractivity contribution in [1.29, 1.82) is 0 Å². The predicted octanol–water partition coefficient (Wildman–Crippen LogP) is 2.36. The van der Waals surface area contributed by atoms with Gasteiger partial charge in [0.05, 0.1) is 19.2 Å². The SMILES string of the molecule is CCc1cc2cc3c(cc2nc1OC)CN1CCNC[C@H]1CCO3. The molecule has 24 heavy (non-hydrogen) atoms. The first-order chi connectivity index (χ1) is 11.8. The molecular formula is C19H25N3O2. The van der Waals surface area contributed by atoms with Gasteiger partial charge in [0, 0.05) is 48.7 Å². The highest BCUT2D eigenvalue weighted by molar-refractivity contribution is 5.83. The number of hydrogen-bond acceptors (Lipinski definition) is 5. The molecule has 1 N–H and O–H groups in total. The van der Waals surface area contributed by atoms with Crippen molar-refractivity contribution in [2.24, 2.45) is 0 Å². The fourth-order valence-corrected chi connectivity index (χ4v) is 3.78. The van der Waals surface area contributed by atoms with Gasteiger partial charge in [-0.3, -0.25) is 4.90 Å². The molecule has 1 aromatic carbocycles. The van der Waals surface area contributed by atoms with E-state index in [4.69, 9.17) is 14.5 Å². The Kier molecular flexibility index (Phi) is 4.29. The van der Waals surface area contributed by atoms with Crippen LogP contribution in [0.3, 0.4) is 0 Å². The van der Waals surface area contributed by atoms with Crippen molar-refractivity contribution >= 4 is 10.9 Å². The number of aromatic nitrogens is 1. The third kappa shape index (κ3) is 2.82. The minimum absolute atomic E-state index is 0.563. The van der Waals surface area contributed by atoms with Crippen LogP contribution >= 0.6 is 0 Å². The molecule has 0 aliphatic carbocycles. The molecule has 2 aliphatic rings. The Balaban J connectivity index is 1.76. The highest BCUT2D eigenvalue weighted by Crippen LogP contribution is 2.32. The third-order valence-electron chi connectivity index (χ3n) is 5.16. The lowest BCUT2D eigenvalue weighted by atomic mass is 10.0. The van der Waals surface area contributed by atoms with Crippen LogP contribution < -0.4 is 14.8 Å². The van der Waals surface area contributed by atoms with Crippen molar-refractivity contribution < 1.29 is 9.47 Å². The van der Waals surface area contributed by atoms with E-state index in [-0.39, 0.29) is 0 Å². The number of benzene rings is 1. The van der Waals surface area contributed by atoms with Crippen molar-refractivity contribution in [3.63, 3.8) is 0 Å². The Morgan fingerprint density at radius 2 is 2.29 bits per heavy atom. The van der Waals surface area contributed by atoms with Crippen molar-refractivity contribution in [3.8, 4) is 11.6 Å². The molecule has 0 amide bonds. The average Bonchev–Trinajstić information content (AvgIpc) is 2.60. The van der Waals surface area contributed by atoms with Crippen molar-refractivity contribution in [2.75, 3.05) is 33.4 Å². The zero-order valence-electron chi connectivity index (χ0n) is 14.5. The van der Waals surface area contributed by atoms with Crippen molar-refractivity contribution in [3.05, 3.63) is 29.3 Å². The van der Waals surface area contributed by atoms with Gasteiger partial charge in [-0.05, 0) is 31.0 Å². The molecule has 0 saturated carbocycles. The van der Waals surface area contributed by atoms with E-state index in [0.29, 0.717) is 6.04 Å². The van der Waals surface area contributed by atoms with Gasteiger partial charge in [-0.25, -0.2) is 4.98 Å². The minimum Gasteiger partial charge on any atom is -0.493 e. The second-order valence-corrected chi connectivity index (χ2v) is 6.63. The molecule has 0 spiro atoms. The van der Waals surface area contributed by atoms with Gasteiger partial charge in [0.2, 0.25) is 5.88 Å². The second-order valence-electron chi connectivity index (χ2n) is 6.63. The maximum absolute atomic E-state index is 6.10. The number of fused-ring (bicyclic) bond motifs is 3.